The average Bonchev–Trinajstić information content (AvgIpc) is 2.87. The van der Waals surface area contributed by atoms with Crippen molar-refractivity contribution >= 4 is 17.2 Å². The molecule has 0 fully saturated rings. The molecule has 6 nitrogen and oxygen atoms in total. The summed E-state index contributed by atoms with van der Waals surface area (Å²) < 4.78 is 5.23. The van der Waals surface area contributed by atoms with Gasteiger partial charge in [-0.3, -0.25) is 4.79 Å². The number of hydrogen-bond acceptors (Lipinski definition) is 6. The van der Waals surface area contributed by atoms with Crippen molar-refractivity contribution in [2.24, 2.45) is 5.92 Å². The van der Waals surface area contributed by atoms with E-state index in [1.807, 2.05) is 0 Å². The van der Waals surface area contributed by atoms with Crippen molar-refractivity contribution in [2.75, 3.05) is 13.2 Å². The first-order chi connectivity index (χ1) is 10.0. The SMILES string of the molecule is CCCC(C)CCNC(=O)c1cnc(OCCC(O)O)s1. The van der Waals surface area contributed by atoms with E-state index in [2.05, 4.69) is 24.1 Å². The minimum Gasteiger partial charge on any atom is -0.470 e. The second-order valence-corrected chi connectivity index (χ2v) is 6.04. The molecule has 1 aromatic rings. The van der Waals surface area contributed by atoms with Gasteiger partial charge in [-0.05, 0) is 12.3 Å². The lowest BCUT2D eigenvalue weighted by atomic mass is 10.0. The Balaban J connectivity index is 2.29. The number of aliphatic hydroxyl groups is 2. The van der Waals surface area contributed by atoms with Gasteiger partial charge in [-0.25, -0.2) is 4.98 Å². The molecule has 0 aromatic carbocycles. The molecule has 1 aromatic heterocycles. The zero-order valence-electron chi connectivity index (χ0n) is 12.5. The number of ether oxygens (including phenoxy) is 1. The number of thiazole rings is 1. The standard InChI is InChI=1S/C14H24N2O4S/c1-3-4-10(2)5-7-15-13(19)11-9-16-14(21-11)20-8-6-12(17)18/h9-10,12,17-18H,3-8H2,1-2H3,(H,15,19). The molecular weight excluding hydrogens is 292 g/mol. The highest BCUT2D eigenvalue weighted by Crippen LogP contribution is 2.20. The predicted molar refractivity (Wildman–Crippen MR) is 81.5 cm³/mol. The molecule has 3 N–H and O–H groups in total. The third-order valence-electron chi connectivity index (χ3n) is 3.01. The third-order valence-corrected chi connectivity index (χ3v) is 3.92. The highest BCUT2D eigenvalue weighted by molar-refractivity contribution is 7.15. The van der Waals surface area contributed by atoms with E-state index in [9.17, 15) is 4.79 Å². The first-order valence-corrected chi connectivity index (χ1v) is 8.07. The number of amides is 1. The van der Waals surface area contributed by atoms with Gasteiger partial charge in [-0.1, -0.05) is 38.0 Å². The molecule has 1 heterocycles. The number of carbonyl (C=O) groups is 1. The van der Waals surface area contributed by atoms with Gasteiger partial charge in [0.2, 0.25) is 0 Å². The topological polar surface area (TPSA) is 91.7 Å². The van der Waals surface area contributed by atoms with Gasteiger partial charge in [0.05, 0.1) is 12.8 Å². The van der Waals surface area contributed by atoms with Crippen LogP contribution in [0, 0.1) is 5.92 Å². The summed E-state index contributed by atoms with van der Waals surface area (Å²) >= 11 is 1.15. The van der Waals surface area contributed by atoms with E-state index >= 15 is 0 Å². The summed E-state index contributed by atoms with van der Waals surface area (Å²) in [7, 11) is 0. The van der Waals surface area contributed by atoms with Crippen LogP contribution >= 0.6 is 11.3 Å². The van der Waals surface area contributed by atoms with E-state index in [0.717, 1.165) is 24.2 Å². The summed E-state index contributed by atoms with van der Waals surface area (Å²) in [5.74, 6) is 0.466. The smallest absolute Gasteiger partial charge is 0.273 e. The van der Waals surface area contributed by atoms with Crippen LogP contribution in [0.15, 0.2) is 6.20 Å². The summed E-state index contributed by atoms with van der Waals surface area (Å²) in [6.45, 7) is 5.15. The molecule has 0 bridgehead atoms. The maximum Gasteiger partial charge on any atom is 0.273 e. The largest absolute Gasteiger partial charge is 0.470 e. The lowest BCUT2D eigenvalue weighted by Gasteiger charge is -2.09. The highest BCUT2D eigenvalue weighted by Gasteiger charge is 2.11. The third kappa shape index (κ3) is 7.40. The van der Waals surface area contributed by atoms with E-state index in [-0.39, 0.29) is 18.9 Å². The molecule has 0 aliphatic carbocycles. The van der Waals surface area contributed by atoms with Crippen molar-refractivity contribution in [3.8, 4) is 5.19 Å². The Labute approximate surface area is 129 Å². The molecule has 1 amide bonds. The maximum absolute atomic E-state index is 11.9. The lowest BCUT2D eigenvalue weighted by Crippen LogP contribution is -2.24. The second kappa shape index (κ2) is 9.70. The van der Waals surface area contributed by atoms with Crippen LogP contribution in [-0.2, 0) is 0 Å². The van der Waals surface area contributed by atoms with Crippen LogP contribution < -0.4 is 10.1 Å². The van der Waals surface area contributed by atoms with E-state index in [4.69, 9.17) is 14.9 Å². The Morgan fingerprint density at radius 3 is 2.86 bits per heavy atom. The van der Waals surface area contributed by atoms with Crippen molar-refractivity contribution in [1.82, 2.24) is 10.3 Å². The number of carbonyl (C=O) groups excluding carboxylic acids is 1. The molecule has 0 saturated heterocycles. The fourth-order valence-electron chi connectivity index (χ4n) is 1.84. The van der Waals surface area contributed by atoms with Crippen molar-refractivity contribution < 1.29 is 19.7 Å². The van der Waals surface area contributed by atoms with Crippen molar-refractivity contribution in [1.29, 1.82) is 0 Å². The van der Waals surface area contributed by atoms with E-state index in [1.54, 1.807) is 0 Å². The number of aromatic nitrogens is 1. The van der Waals surface area contributed by atoms with Crippen LogP contribution in [0.2, 0.25) is 0 Å². The van der Waals surface area contributed by atoms with Gasteiger partial charge < -0.3 is 20.3 Å². The Kier molecular flexibility index (Phi) is 8.26. The van der Waals surface area contributed by atoms with Gasteiger partial charge >= 0.3 is 0 Å². The van der Waals surface area contributed by atoms with Crippen LogP contribution in [0.25, 0.3) is 0 Å². The number of nitrogens with zero attached hydrogens (tertiary/aromatic N) is 1. The second-order valence-electron chi connectivity index (χ2n) is 5.05. The average molecular weight is 316 g/mol. The van der Waals surface area contributed by atoms with Crippen molar-refractivity contribution in [3.63, 3.8) is 0 Å². The minimum absolute atomic E-state index is 0.108. The molecule has 0 aliphatic heterocycles. The zero-order valence-corrected chi connectivity index (χ0v) is 13.4. The number of hydrogen-bond donors (Lipinski definition) is 3. The molecule has 1 unspecified atom stereocenters. The Morgan fingerprint density at radius 1 is 1.43 bits per heavy atom. The molecule has 1 rings (SSSR count). The molecule has 120 valence electrons. The first-order valence-electron chi connectivity index (χ1n) is 7.25. The quantitative estimate of drug-likeness (QED) is 0.572. The molecule has 0 radical (unpaired) electrons. The normalized spacial score (nSPS) is 12.4. The van der Waals surface area contributed by atoms with Crippen LogP contribution in [0.3, 0.4) is 0 Å². The predicted octanol–water partition coefficient (Wildman–Crippen LogP) is 1.78. The fourth-order valence-corrected chi connectivity index (χ4v) is 2.54. The molecule has 0 spiro atoms. The summed E-state index contributed by atoms with van der Waals surface area (Å²) in [5, 5.41) is 20.6. The van der Waals surface area contributed by atoms with Gasteiger partial charge in [-0.15, -0.1) is 0 Å². The van der Waals surface area contributed by atoms with Gasteiger partial charge in [0.25, 0.3) is 11.1 Å². The molecule has 7 heteroatoms. The monoisotopic (exact) mass is 316 g/mol. The maximum atomic E-state index is 11.9. The van der Waals surface area contributed by atoms with Crippen LogP contribution in [0.4, 0.5) is 0 Å². The van der Waals surface area contributed by atoms with Gasteiger partial charge in [0, 0.05) is 13.0 Å². The van der Waals surface area contributed by atoms with E-state index < -0.39 is 6.29 Å². The van der Waals surface area contributed by atoms with Gasteiger partial charge in [0.15, 0.2) is 6.29 Å². The summed E-state index contributed by atoms with van der Waals surface area (Å²) in [5.41, 5.74) is 0. The Morgan fingerprint density at radius 2 is 2.19 bits per heavy atom. The minimum atomic E-state index is -1.39. The summed E-state index contributed by atoms with van der Waals surface area (Å²) in [6, 6.07) is 0. The summed E-state index contributed by atoms with van der Waals surface area (Å²) in [6.07, 6.45) is 3.49. The number of aliphatic hydroxyl groups excluding tert-OH is 1. The van der Waals surface area contributed by atoms with E-state index in [0.29, 0.717) is 22.5 Å². The van der Waals surface area contributed by atoms with Crippen LogP contribution in [0.1, 0.15) is 49.2 Å². The molecule has 21 heavy (non-hydrogen) atoms. The van der Waals surface area contributed by atoms with Gasteiger partial charge in [0.1, 0.15) is 4.88 Å². The molecular formula is C14H24N2O4S. The fraction of sp³-hybridized carbons (Fsp3) is 0.714. The Bertz CT molecular complexity index is 423. The Hall–Kier alpha value is -1.18. The lowest BCUT2D eigenvalue weighted by molar-refractivity contribution is -0.0519. The highest BCUT2D eigenvalue weighted by atomic mass is 32.1. The van der Waals surface area contributed by atoms with Crippen molar-refractivity contribution in [2.45, 2.75) is 45.8 Å². The van der Waals surface area contributed by atoms with Crippen molar-refractivity contribution in [3.05, 3.63) is 11.1 Å². The van der Waals surface area contributed by atoms with Crippen LogP contribution in [-0.4, -0.2) is 40.5 Å². The first kappa shape index (κ1) is 17.9. The molecule has 0 aliphatic rings. The number of nitrogens with one attached hydrogen (secondary N) is 1. The van der Waals surface area contributed by atoms with E-state index in [1.165, 1.54) is 12.6 Å². The molecule has 1 atom stereocenters. The van der Waals surface area contributed by atoms with Crippen LogP contribution in [0.5, 0.6) is 5.19 Å². The summed E-state index contributed by atoms with van der Waals surface area (Å²) in [4.78, 5) is 16.4. The zero-order chi connectivity index (χ0) is 15.7. The molecule has 0 saturated carbocycles. The van der Waals surface area contributed by atoms with Gasteiger partial charge in [-0.2, -0.15) is 0 Å². The number of rotatable bonds is 10.